The Bertz CT molecular complexity index is 1700. The van der Waals surface area contributed by atoms with Gasteiger partial charge in [0.05, 0.1) is 24.4 Å². The van der Waals surface area contributed by atoms with E-state index in [4.69, 9.17) is 4.74 Å². The lowest BCUT2D eigenvalue weighted by atomic mass is 10.2. The zero-order chi connectivity index (χ0) is 29.7. The molecule has 216 valence electrons. The fraction of sp³-hybridized carbons (Fsp3) is 0.214. The monoisotopic (exact) mass is 578 g/mol. The average molecular weight is 579 g/mol. The number of amides is 2. The van der Waals surface area contributed by atoms with Crippen LogP contribution in [0.25, 0.3) is 16.7 Å². The van der Waals surface area contributed by atoms with Gasteiger partial charge in [-0.2, -0.15) is 13.2 Å². The Balaban J connectivity index is 1.34. The molecule has 0 unspecified atom stereocenters. The number of rotatable bonds is 10. The van der Waals surface area contributed by atoms with Crippen LogP contribution in [-0.2, 0) is 31.5 Å². The highest BCUT2D eigenvalue weighted by Crippen LogP contribution is 2.18. The lowest BCUT2D eigenvalue weighted by Crippen LogP contribution is -2.33. The van der Waals surface area contributed by atoms with Crippen molar-refractivity contribution in [2.45, 2.75) is 25.9 Å². The SMILES string of the molecule is Cn1nnc2cc(CNC(=O)c3nnn(-c4ccc(C(=O)NCC(F)(F)F)cc4)c3COCc3ccccc3)ccc21. The zero-order valence-corrected chi connectivity index (χ0v) is 22.3. The first-order valence-corrected chi connectivity index (χ1v) is 12.8. The van der Waals surface area contributed by atoms with Crippen LogP contribution < -0.4 is 10.6 Å². The van der Waals surface area contributed by atoms with E-state index in [-0.39, 0.29) is 31.0 Å². The number of carbonyl (C=O) groups excluding carboxylic acids is 2. The van der Waals surface area contributed by atoms with Crippen molar-refractivity contribution in [1.82, 2.24) is 40.6 Å². The largest absolute Gasteiger partial charge is 0.405 e. The molecule has 3 aromatic carbocycles. The van der Waals surface area contributed by atoms with Crippen LogP contribution in [0.5, 0.6) is 0 Å². The summed E-state index contributed by atoms with van der Waals surface area (Å²) in [4.78, 5) is 25.3. The number of carbonyl (C=O) groups is 2. The summed E-state index contributed by atoms with van der Waals surface area (Å²) in [6.07, 6.45) is -4.52. The van der Waals surface area contributed by atoms with Crippen LogP contribution in [0.3, 0.4) is 0 Å². The molecule has 2 N–H and O–H groups in total. The first-order valence-electron chi connectivity index (χ1n) is 12.8. The average Bonchev–Trinajstić information content (AvgIpc) is 3.58. The van der Waals surface area contributed by atoms with Gasteiger partial charge in [0.25, 0.3) is 11.8 Å². The Morgan fingerprint density at radius 1 is 0.857 bits per heavy atom. The maximum atomic E-state index is 13.2. The van der Waals surface area contributed by atoms with E-state index in [1.807, 2.05) is 53.8 Å². The summed E-state index contributed by atoms with van der Waals surface area (Å²) < 4.78 is 46.3. The molecule has 0 saturated carbocycles. The Hall–Kier alpha value is -5.11. The summed E-state index contributed by atoms with van der Waals surface area (Å²) in [5.74, 6) is -1.36. The van der Waals surface area contributed by atoms with Gasteiger partial charge < -0.3 is 15.4 Å². The molecule has 0 radical (unpaired) electrons. The van der Waals surface area contributed by atoms with Gasteiger partial charge >= 0.3 is 6.18 Å². The van der Waals surface area contributed by atoms with Crippen LogP contribution in [0, 0.1) is 0 Å². The number of nitrogens with one attached hydrogen (secondary N) is 2. The minimum atomic E-state index is -4.52. The highest BCUT2D eigenvalue weighted by atomic mass is 19.4. The molecule has 0 aliphatic heterocycles. The van der Waals surface area contributed by atoms with Crippen LogP contribution in [0.1, 0.15) is 37.7 Å². The van der Waals surface area contributed by atoms with E-state index in [1.165, 1.54) is 28.9 Å². The lowest BCUT2D eigenvalue weighted by Gasteiger charge is -2.11. The van der Waals surface area contributed by atoms with E-state index < -0.39 is 24.5 Å². The highest BCUT2D eigenvalue weighted by molar-refractivity contribution is 5.94. The Kier molecular flexibility index (Phi) is 8.24. The van der Waals surface area contributed by atoms with E-state index in [1.54, 1.807) is 11.7 Å². The van der Waals surface area contributed by atoms with E-state index >= 15 is 0 Å². The summed E-state index contributed by atoms with van der Waals surface area (Å²) in [7, 11) is 1.79. The van der Waals surface area contributed by atoms with Gasteiger partial charge in [-0.1, -0.05) is 46.8 Å². The lowest BCUT2D eigenvalue weighted by molar-refractivity contribution is -0.123. The summed E-state index contributed by atoms with van der Waals surface area (Å²) in [6, 6.07) is 20.7. The predicted octanol–water partition coefficient (Wildman–Crippen LogP) is 3.49. The number of hydrogen-bond donors (Lipinski definition) is 2. The third-order valence-corrected chi connectivity index (χ3v) is 6.28. The molecule has 2 heterocycles. The number of alkyl halides is 3. The fourth-order valence-corrected chi connectivity index (χ4v) is 4.15. The molecule has 0 bridgehead atoms. The van der Waals surface area contributed by atoms with Crippen molar-refractivity contribution in [3.05, 3.63) is 101 Å². The fourth-order valence-electron chi connectivity index (χ4n) is 4.15. The highest BCUT2D eigenvalue weighted by Gasteiger charge is 2.28. The van der Waals surface area contributed by atoms with Crippen LogP contribution in [0.2, 0.25) is 0 Å². The van der Waals surface area contributed by atoms with Crippen molar-refractivity contribution < 1.29 is 27.5 Å². The van der Waals surface area contributed by atoms with Gasteiger partial charge in [-0.05, 0) is 47.5 Å². The predicted molar refractivity (Wildman–Crippen MR) is 144 cm³/mol. The van der Waals surface area contributed by atoms with Gasteiger partial charge in [-0.3, -0.25) is 9.59 Å². The molecule has 0 aliphatic rings. The molecule has 2 amide bonds. The number of hydrogen-bond acceptors (Lipinski definition) is 7. The van der Waals surface area contributed by atoms with E-state index in [9.17, 15) is 22.8 Å². The minimum Gasteiger partial charge on any atom is -0.370 e. The van der Waals surface area contributed by atoms with E-state index in [2.05, 4.69) is 25.9 Å². The molecule has 0 fully saturated rings. The van der Waals surface area contributed by atoms with E-state index in [0.717, 1.165) is 16.6 Å². The Morgan fingerprint density at radius 3 is 2.36 bits per heavy atom. The molecule has 2 aromatic heterocycles. The molecule has 0 aliphatic carbocycles. The second-order valence-electron chi connectivity index (χ2n) is 9.34. The number of nitrogens with zero attached hydrogens (tertiary/aromatic N) is 6. The van der Waals surface area contributed by atoms with Crippen molar-refractivity contribution in [1.29, 1.82) is 0 Å². The van der Waals surface area contributed by atoms with Gasteiger partial charge in [0.15, 0.2) is 5.69 Å². The minimum absolute atomic E-state index is 0.0238. The summed E-state index contributed by atoms with van der Waals surface area (Å²) in [5, 5.41) is 21.0. The molecule has 0 saturated heterocycles. The van der Waals surface area contributed by atoms with Crippen LogP contribution in [0.15, 0.2) is 72.8 Å². The Morgan fingerprint density at radius 2 is 1.62 bits per heavy atom. The standard InChI is InChI=1S/C28H25F3N8O3/c1-38-23-12-7-19(13-22(23)34-36-38)14-32-27(41)25-24(16-42-15-18-5-3-2-4-6-18)39(37-35-25)21-10-8-20(9-11-21)26(40)33-17-28(29,30)31/h2-13H,14-17H2,1H3,(H,32,41)(H,33,40). The molecule has 5 rings (SSSR count). The maximum absolute atomic E-state index is 13.2. The van der Waals surface area contributed by atoms with Gasteiger partial charge in [0.2, 0.25) is 0 Å². The number of aryl methyl sites for hydroxylation is 1. The third-order valence-electron chi connectivity index (χ3n) is 6.28. The van der Waals surface area contributed by atoms with Crippen molar-refractivity contribution in [2.75, 3.05) is 6.54 Å². The number of fused-ring (bicyclic) bond motifs is 1. The first kappa shape index (κ1) is 28.4. The molecule has 14 heteroatoms. The smallest absolute Gasteiger partial charge is 0.370 e. The van der Waals surface area contributed by atoms with Gasteiger partial charge in [0, 0.05) is 19.2 Å². The molecular formula is C28H25F3N8O3. The first-order chi connectivity index (χ1) is 20.2. The molecule has 5 aromatic rings. The second kappa shape index (κ2) is 12.2. The van der Waals surface area contributed by atoms with Gasteiger partial charge in [-0.25, -0.2) is 9.36 Å². The van der Waals surface area contributed by atoms with Crippen molar-refractivity contribution in [3.8, 4) is 5.69 Å². The maximum Gasteiger partial charge on any atom is 0.405 e. The number of ether oxygens (including phenoxy) is 1. The van der Waals surface area contributed by atoms with Crippen LogP contribution >= 0.6 is 0 Å². The quantitative estimate of drug-likeness (QED) is 0.260. The topological polar surface area (TPSA) is 129 Å². The number of benzene rings is 3. The van der Waals surface area contributed by atoms with Crippen molar-refractivity contribution in [2.24, 2.45) is 7.05 Å². The zero-order valence-electron chi connectivity index (χ0n) is 22.3. The van der Waals surface area contributed by atoms with Crippen LogP contribution in [-0.4, -0.2) is 54.5 Å². The van der Waals surface area contributed by atoms with Gasteiger partial charge in [0.1, 0.15) is 17.8 Å². The van der Waals surface area contributed by atoms with Crippen molar-refractivity contribution >= 4 is 22.8 Å². The normalized spacial score (nSPS) is 11.5. The molecule has 0 spiro atoms. The second-order valence-corrected chi connectivity index (χ2v) is 9.34. The summed E-state index contributed by atoms with van der Waals surface area (Å²) in [5.41, 5.74) is 4.14. The van der Waals surface area contributed by atoms with Gasteiger partial charge in [-0.15, -0.1) is 10.2 Å². The molecule has 0 atom stereocenters. The summed E-state index contributed by atoms with van der Waals surface area (Å²) in [6.45, 7) is -0.998. The van der Waals surface area contributed by atoms with Crippen molar-refractivity contribution in [3.63, 3.8) is 0 Å². The summed E-state index contributed by atoms with van der Waals surface area (Å²) >= 11 is 0. The molecule has 11 nitrogen and oxygen atoms in total. The number of halogens is 3. The van der Waals surface area contributed by atoms with E-state index in [0.29, 0.717) is 16.9 Å². The number of aromatic nitrogens is 6. The Labute approximate surface area is 237 Å². The molecular weight excluding hydrogens is 553 g/mol. The molecule has 42 heavy (non-hydrogen) atoms. The van der Waals surface area contributed by atoms with Crippen LogP contribution in [0.4, 0.5) is 13.2 Å². The third kappa shape index (κ3) is 6.78.